The van der Waals surface area contributed by atoms with Crippen molar-refractivity contribution < 1.29 is 4.74 Å². The molecular weight excluding hydrogens is 258 g/mol. The summed E-state index contributed by atoms with van der Waals surface area (Å²) in [5.41, 5.74) is 1.36. The van der Waals surface area contributed by atoms with E-state index in [1.165, 1.54) is 24.8 Å². The minimum absolute atomic E-state index is 0.384. The lowest BCUT2D eigenvalue weighted by molar-refractivity contribution is 0.263. The second kappa shape index (κ2) is 6.15. The van der Waals surface area contributed by atoms with E-state index in [0.29, 0.717) is 17.2 Å². The first-order valence-corrected chi connectivity index (χ1v) is 7.85. The fraction of sp³-hybridized carbons (Fsp3) is 0.625. The van der Waals surface area contributed by atoms with E-state index in [-0.39, 0.29) is 0 Å². The van der Waals surface area contributed by atoms with E-state index in [1.807, 2.05) is 6.07 Å². The number of hydrogen-bond acceptors (Lipinski definition) is 2. The van der Waals surface area contributed by atoms with Crippen LogP contribution in [0.2, 0.25) is 0 Å². The molecule has 1 aromatic carbocycles. The Morgan fingerprint density at radius 3 is 2.89 bits per heavy atom. The van der Waals surface area contributed by atoms with Crippen molar-refractivity contribution in [2.45, 2.75) is 37.0 Å². The smallest absolute Gasteiger partial charge is 0.122 e. The number of halogens is 1. The highest BCUT2D eigenvalue weighted by atomic mass is 35.5. The minimum Gasteiger partial charge on any atom is -0.493 e. The Hall–Kier alpha value is -0.730. The van der Waals surface area contributed by atoms with Crippen LogP contribution in [0.25, 0.3) is 0 Å². The van der Waals surface area contributed by atoms with Gasteiger partial charge in [-0.1, -0.05) is 24.6 Å². The molecule has 1 aromatic rings. The molecule has 0 radical (unpaired) electrons. The number of nitrogens with one attached hydrogen (secondary N) is 1. The van der Waals surface area contributed by atoms with E-state index < -0.39 is 0 Å². The second-order valence-corrected chi connectivity index (χ2v) is 6.30. The first-order valence-electron chi connectivity index (χ1n) is 7.41. The number of hydrogen-bond donors (Lipinski definition) is 1. The monoisotopic (exact) mass is 279 g/mol. The van der Waals surface area contributed by atoms with Crippen molar-refractivity contribution in [1.82, 2.24) is 5.32 Å². The largest absolute Gasteiger partial charge is 0.493 e. The number of benzene rings is 1. The van der Waals surface area contributed by atoms with Crippen LogP contribution < -0.4 is 10.1 Å². The Bertz CT molecular complexity index is 423. The summed E-state index contributed by atoms with van der Waals surface area (Å²) in [5, 5.41) is 4.01. The Morgan fingerprint density at radius 2 is 2.05 bits per heavy atom. The highest BCUT2D eigenvalue weighted by molar-refractivity contribution is 6.20. The maximum absolute atomic E-state index is 6.32. The summed E-state index contributed by atoms with van der Waals surface area (Å²) in [6, 6.07) is 8.42. The van der Waals surface area contributed by atoms with Crippen molar-refractivity contribution in [3.05, 3.63) is 29.8 Å². The number of ether oxygens (including phenoxy) is 1. The Kier molecular flexibility index (Phi) is 4.29. The zero-order valence-corrected chi connectivity index (χ0v) is 12.0. The molecule has 2 nitrogen and oxygen atoms in total. The lowest BCUT2D eigenvalue weighted by atomic mass is 9.93. The van der Waals surface area contributed by atoms with Gasteiger partial charge in [0.15, 0.2) is 0 Å². The van der Waals surface area contributed by atoms with Gasteiger partial charge in [-0.3, -0.25) is 0 Å². The van der Waals surface area contributed by atoms with Crippen molar-refractivity contribution in [2.75, 3.05) is 19.7 Å². The van der Waals surface area contributed by atoms with Crippen LogP contribution >= 0.6 is 11.6 Å². The Morgan fingerprint density at radius 1 is 1.16 bits per heavy atom. The highest BCUT2D eigenvalue weighted by Gasteiger charge is 2.26. The number of alkyl halides is 1. The first-order chi connectivity index (χ1) is 9.34. The van der Waals surface area contributed by atoms with Crippen LogP contribution in [0, 0.1) is 5.92 Å². The van der Waals surface area contributed by atoms with Crippen LogP contribution in [0.4, 0.5) is 0 Å². The molecule has 1 N–H and O–H groups in total. The van der Waals surface area contributed by atoms with Gasteiger partial charge >= 0.3 is 0 Å². The molecule has 3 unspecified atom stereocenters. The van der Waals surface area contributed by atoms with Crippen molar-refractivity contribution >= 4 is 11.6 Å². The van der Waals surface area contributed by atoms with Gasteiger partial charge in [-0.05, 0) is 43.4 Å². The van der Waals surface area contributed by atoms with Crippen LogP contribution in [-0.4, -0.2) is 25.1 Å². The van der Waals surface area contributed by atoms with E-state index in [4.69, 9.17) is 16.3 Å². The van der Waals surface area contributed by atoms with Gasteiger partial charge in [0.25, 0.3) is 0 Å². The van der Waals surface area contributed by atoms with E-state index >= 15 is 0 Å². The molecule has 0 aromatic heterocycles. The number of fused-ring (bicyclic) bond motifs is 1. The SMILES string of the molecule is ClC1CCCC1CNCC1CCOc2ccccc21. The topological polar surface area (TPSA) is 21.3 Å². The van der Waals surface area contributed by atoms with E-state index in [2.05, 4.69) is 23.5 Å². The Balaban J connectivity index is 1.53. The van der Waals surface area contributed by atoms with Crippen molar-refractivity contribution in [1.29, 1.82) is 0 Å². The van der Waals surface area contributed by atoms with Gasteiger partial charge in [0, 0.05) is 17.8 Å². The molecule has 2 aliphatic rings. The third kappa shape index (κ3) is 3.06. The van der Waals surface area contributed by atoms with Crippen LogP contribution in [-0.2, 0) is 0 Å². The molecule has 0 spiro atoms. The van der Waals surface area contributed by atoms with Crippen molar-refractivity contribution in [3.63, 3.8) is 0 Å². The van der Waals surface area contributed by atoms with Crippen LogP contribution in [0.5, 0.6) is 5.75 Å². The summed E-state index contributed by atoms with van der Waals surface area (Å²) >= 11 is 6.32. The fourth-order valence-electron chi connectivity index (χ4n) is 3.29. The molecule has 3 rings (SSSR count). The van der Waals surface area contributed by atoms with Gasteiger partial charge in [0.1, 0.15) is 5.75 Å². The fourth-order valence-corrected chi connectivity index (χ4v) is 3.66. The average molecular weight is 280 g/mol. The van der Waals surface area contributed by atoms with E-state index in [0.717, 1.165) is 31.9 Å². The molecule has 0 amide bonds. The van der Waals surface area contributed by atoms with Gasteiger partial charge in [0.05, 0.1) is 6.61 Å². The molecule has 104 valence electrons. The summed E-state index contributed by atoms with van der Waals surface area (Å²) in [6.07, 6.45) is 4.87. The zero-order chi connectivity index (χ0) is 13.1. The predicted octanol–water partition coefficient (Wildman–Crippen LogP) is 3.55. The lowest BCUT2D eigenvalue weighted by Crippen LogP contribution is -2.31. The lowest BCUT2D eigenvalue weighted by Gasteiger charge is -2.26. The molecule has 1 saturated carbocycles. The quantitative estimate of drug-likeness (QED) is 0.851. The molecule has 3 heteroatoms. The zero-order valence-electron chi connectivity index (χ0n) is 11.3. The van der Waals surface area contributed by atoms with Gasteiger partial charge in [-0.15, -0.1) is 11.6 Å². The van der Waals surface area contributed by atoms with Crippen molar-refractivity contribution in [2.24, 2.45) is 5.92 Å². The summed E-state index contributed by atoms with van der Waals surface area (Å²) in [7, 11) is 0. The summed E-state index contributed by atoms with van der Waals surface area (Å²) < 4.78 is 5.70. The summed E-state index contributed by atoms with van der Waals surface area (Å²) in [6.45, 7) is 2.94. The number of para-hydroxylation sites is 1. The van der Waals surface area contributed by atoms with Crippen LogP contribution in [0.1, 0.15) is 37.2 Å². The molecular formula is C16H22ClNO. The van der Waals surface area contributed by atoms with Gasteiger partial charge in [-0.2, -0.15) is 0 Å². The normalized spacial score (nSPS) is 29.8. The van der Waals surface area contributed by atoms with Crippen molar-refractivity contribution in [3.8, 4) is 5.75 Å². The maximum atomic E-state index is 6.32. The Labute approximate surface area is 120 Å². The van der Waals surface area contributed by atoms with Crippen LogP contribution in [0.3, 0.4) is 0 Å². The molecule has 1 fully saturated rings. The first kappa shape index (κ1) is 13.3. The standard InChI is InChI=1S/C16H22ClNO/c17-15-6-3-4-13(15)11-18-10-12-8-9-19-16-7-2-1-5-14(12)16/h1-2,5,7,12-13,15,18H,3-4,6,8-11H2. The summed E-state index contributed by atoms with van der Waals surface area (Å²) in [4.78, 5) is 0. The predicted molar refractivity (Wildman–Crippen MR) is 79.1 cm³/mol. The van der Waals surface area contributed by atoms with Gasteiger partial charge < -0.3 is 10.1 Å². The molecule has 1 aliphatic heterocycles. The highest BCUT2D eigenvalue weighted by Crippen LogP contribution is 2.33. The molecule has 3 atom stereocenters. The molecule has 1 aliphatic carbocycles. The van der Waals surface area contributed by atoms with E-state index in [1.54, 1.807) is 0 Å². The third-order valence-corrected chi connectivity index (χ3v) is 5.02. The maximum Gasteiger partial charge on any atom is 0.122 e. The van der Waals surface area contributed by atoms with Crippen LogP contribution in [0.15, 0.2) is 24.3 Å². The number of rotatable bonds is 4. The molecule has 19 heavy (non-hydrogen) atoms. The third-order valence-electron chi connectivity index (χ3n) is 4.45. The molecule has 1 heterocycles. The second-order valence-electron chi connectivity index (χ2n) is 5.74. The minimum atomic E-state index is 0.384. The summed E-state index contributed by atoms with van der Waals surface area (Å²) in [5.74, 6) is 2.31. The van der Waals surface area contributed by atoms with E-state index in [9.17, 15) is 0 Å². The molecule has 0 bridgehead atoms. The molecule has 0 saturated heterocycles. The average Bonchev–Trinajstić information content (AvgIpc) is 2.85. The van der Waals surface area contributed by atoms with Gasteiger partial charge in [-0.25, -0.2) is 0 Å². The van der Waals surface area contributed by atoms with Gasteiger partial charge in [0.2, 0.25) is 0 Å².